The van der Waals surface area contributed by atoms with Crippen molar-refractivity contribution in [2.24, 2.45) is 5.92 Å². The minimum absolute atomic E-state index is 0.286. The van der Waals surface area contributed by atoms with E-state index in [9.17, 15) is 9.59 Å². The molecule has 1 atom stereocenters. The van der Waals surface area contributed by atoms with Gasteiger partial charge >= 0.3 is 11.9 Å². The normalized spacial score (nSPS) is 13.1. The molecule has 0 aliphatic rings. The summed E-state index contributed by atoms with van der Waals surface area (Å²) in [4.78, 5) is 22.8. The number of carbonyl (C=O) groups excluding carboxylic acids is 2. The molecule has 0 heterocycles. The fourth-order valence-electron chi connectivity index (χ4n) is 1.24. The summed E-state index contributed by atoms with van der Waals surface area (Å²) in [6.07, 6.45) is 2.03. The number of ether oxygens (including phenoxy) is 2. The molecule has 0 aliphatic heterocycles. The zero-order chi connectivity index (χ0) is 12.6. The van der Waals surface area contributed by atoms with Crippen molar-refractivity contribution >= 4 is 11.9 Å². The van der Waals surface area contributed by atoms with Crippen LogP contribution in [0.3, 0.4) is 0 Å². The van der Waals surface area contributed by atoms with Crippen molar-refractivity contribution in [1.29, 1.82) is 0 Å². The number of allylic oxidation sites excluding steroid dienone is 1. The minimum atomic E-state index is -0.360. The van der Waals surface area contributed by atoms with Crippen molar-refractivity contribution in [3.05, 3.63) is 11.6 Å². The predicted octanol–water partition coefficient (Wildman–Crippen LogP) is 2.09. The molecule has 0 spiro atoms. The summed E-state index contributed by atoms with van der Waals surface area (Å²) in [7, 11) is 0. The molecule has 0 aliphatic carbocycles. The first-order valence-corrected chi connectivity index (χ1v) is 5.55. The Morgan fingerprint density at radius 3 is 2.19 bits per heavy atom. The zero-order valence-electron chi connectivity index (χ0n) is 10.4. The highest BCUT2D eigenvalue weighted by molar-refractivity contribution is 5.89. The molecule has 0 N–H and O–H groups in total. The van der Waals surface area contributed by atoms with Crippen LogP contribution >= 0.6 is 0 Å². The van der Waals surface area contributed by atoms with Crippen LogP contribution in [0, 0.1) is 5.92 Å². The van der Waals surface area contributed by atoms with Crippen LogP contribution < -0.4 is 0 Å². The summed E-state index contributed by atoms with van der Waals surface area (Å²) >= 11 is 0. The summed E-state index contributed by atoms with van der Waals surface area (Å²) in [5, 5.41) is 0. The molecule has 0 fully saturated rings. The lowest BCUT2D eigenvalue weighted by atomic mass is 10.0. The highest BCUT2D eigenvalue weighted by Gasteiger charge is 2.19. The van der Waals surface area contributed by atoms with Gasteiger partial charge in [0.05, 0.1) is 19.1 Å². The average Bonchev–Trinajstić information content (AvgIpc) is 2.26. The summed E-state index contributed by atoms with van der Waals surface area (Å²) in [5.74, 6) is -0.970. The Kier molecular flexibility index (Phi) is 7.25. The summed E-state index contributed by atoms with van der Waals surface area (Å²) in [6.45, 7) is 7.69. The smallest absolute Gasteiger partial charge is 0.333 e. The molecule has 4 heteroatoms. The lowest BCUT2D eigenvalue weighted by Crippen LogP contribution is -2.18. The van der Waals surface area contributed by atoms with Gasteiger partial charge in [0.25, 0.3) is 0 Å². The van der Waals surface area contributed by atoms with Gasteiger partial charge < -0.3 is 9.47 Å². The van der Waals surface area contributed by atoms with E-state index < -0.39 is 0 Å². The first-order valence-electron chi connectivity index (χ1n) is 5.55. The molecule has 0 radical (unpaired) electrons. The fourth-order valence-corrected chi connectivity index (χ4v) is 1.24. The molecule has 0 saturated heterocycles. The molecule has 16 heavy (non-hydrogen) atoms. The number of hydrogen-bond acceptors (Lipinski definition) is 4. The molecule has 0 saturated carbocycles. The largest absolute Gasteiger partial charge is 0.466 e. The molecule has 0 aromatic rings. The Morgan fingerprint density at radius 1 is 1.19 bits per heavy atom. The van der Waals surface area contributed by atoms with Gasteiger partial charge in [0, 0.05) is 5.57 Å². The van der Waals surface area contributed by atoms with E-state index in [4.69, 9.17) is 9.47 Å². The average molecular weight is 228 g/mol. The quantitative estimate of drug-likeness (QED) is 0.516. The van der Waals surface area contributed by atoms with Crippen LogP contribution in [0.25, 0.3) is 0 Å². The fraction of sp³-hybridized carbons (Fsp3) is 0.667. The molecular formula is C12H20O4. The number of esters is 2. The minimum Gasteiger partial charge on any atom is -0.466 e. The van der Waals surface area contributed by atoms with E-state index >= 15 is 0 Å². The number of hydrogen-bond donors (Lipinski definition) is 0. The van der Waals surface area contributed by atoms with E-state index in [2.05, 4.69) is 0 Å². The van der Waals surface area contributed by atoms with Gasteiger partial charge in [-0.2, -0.15) is 0 Å². The lowest BCUT2D eigenvalue weighted by Gasteiger charge is -2.12. The van der Waals surface area contributed by atoms with Crippen LogP contribution in [0.4, 0.5) is 0 Å². The van der Waals surface area contributed by atoms with Crippen molar-refractivity contribution in [2.75, 3.05) is 13.2 Å². The zero-order valence-corrected chi connectivity index (χ0v) is 10.4. The van der Waals surface area contributed by atoms with Crippen molar-refractivity contribution in [2.45, 2.75) is 34.1 Å². The molecule has 92 valence electrons. The first kappa shape index (κ1) is 14.7. The van der Waals surface area contributed by atoms with E-state index in [0.717, 1.165) is 0 Å². The van der Waals surface area contributed by atoms with Crippen LogP contribution in [0.1, 0.15) is 34.1 Å². The van der Waals surface area contributed by atoms with Crippen molar-refractivity contribution in [3.63, 3.8) is 0 Å². The number of rotatable bonds is 6. The topological polar surface area (TPSA) is 52.6 Å². The number of carbonyl (C=O) groups is 2. The van der Waals surface area contributed by atoms with Crippen LogP contribution in [0.15, 0.2) is 11.6 Å². The Hall–Kier alpha value is -1.32. The van der Waals surface area contributed by atoms with E-state index in [-0.39, 0.29) is 17.9 Å². The standard InChI is InChI=1S/C12H20O4/c1-5-10(12(14)16-7-3)8-9(4)11(13)15-6-2/h5,9H,6-8H2,1-4H3/b10-5+. The maximum absolute atomic E-state index is 11.4. The summed E-state index contributed by atoms with van der Waals surface area (Å²) in [5.41, 5.74) is 0.516. The Balaban J connectivity index is 4.33. The highest BCUT2D eigenvalue weighted by atomic mass is 16.5. The second-order valence-electron chi connectivity index (χ2n) is 3.39. The van der Waals surface area contributed by atoms with Crippen LogP contribution in [0.2, 0.25) is 0 Å². The Morgan fingerprint density at radius 2 is 1.75 bits per heavy atom. The second kappa shape index (κ2) is 7.91. The van der Waals surface area contributed by atoms with Gasteiger partial charge in [0.1, 0.15) is 0 Å². The first-order chi connectivity index (χ1) is 7.56. The predicted molar refractivity (Wildman–Crippen MR) is 60.8 cm³/mol. The molecular weight excluding hydrogens is 208 g/mol. The summed E-state index contributed by atoms with van der Waals surface area (Å²) in [6, 6.07) is 0. The monoisotopic (exact) mass is 228 g/mol. The van der Waals surface area contributed by atoms with Gasteiger partial charge in [-0.05, 0) is 27.2 Å². The van der Waals surface area contributed by atoms with Gasteiger partial charge in [-0.1, -0.05) is 13.0 Å². The second-order valence-corrected chi connectivity index (χ2v) is 3.39. The van der Waals surface area contributed by atoms with Crippen LogP contribution in [-0.4, -0.2) is 25.2 Å². The molecule has 0 rings (SSSR count). The Labute approximate surface area is 96.6 Å². The third-order valence-electron chi connectivity index (χ3n) is 2.10. The van der Waals surface area contributed by atoms with E-state index in [0.29, 0.717) is 25.2 Å². The van der Waals surface area contributed by atoms with Gasteiger partial charge in [-0.25, -0.2) is 4.79 Å². The van der Waals surface area contributed by atoms with Gasteiger partial charge in [0.2, 0.25) is 0 Å². The van der Waals surface area contributed by atoms with Crippen molar-refractivity contribution in [3.8, 4) is 0 Å². The molecule has 0 aromatic carbocycles. The van der Waals surface area contributed by atoms with E-state index in [1.54, 1.807) is 33.8 Å². The Bertz CT molecular complexity index is 268. The van der Waals surface area contributed by atoms with Crippen molar-refractivity contribution < 1.29 is 19.1 Å². The maximum Gasteiger partial charge on any atom is 0.333 e. The summed E-state index contributed by atoms with van der Waals surface area (Å²) < 4.78 is 9.75. The highest BCUT2D eigenvalue weighted by Crippen LogP contribution is 2.14. The van der Waals surface area contributed by atoms with E-state index in [1.165, 1.54) is 0 Å². The van der Waals surface area contributed by atoms with Gasteiger partial charge in [0.15, 0.2) is 0 Å². The van der Waals surface area contributed by atoms with Crippen LogP contribution in [0.5, 0.6) is 0 Å². The molecule has 1 unspecified atom stereocenters. The molecule has 4 nitrogen and oxygen atoms in total. The lowest BCUT2D eigenvalue weighted by molar-refractivity contribution is -0.147. The van der Waals surface area contributed by atoms with Crippen LogP contribution in [-0.2, 0) is 19.1 Å². The van der Waals surface area contributed by atoms with Crippen molar-refractivity contribution in [1.82, 2.24) is 0 Å². The third-order valence-corrected chi connectivity index (χ3v) is 2.10. The maximum atomic E-state index is 11.4. The third kappa shape index (κ3) is 4.96. The van der Waals surface area contributed by atoms with Gasteiger partial charge in [-0.15, -0.1) is 0 Å². The molecule has 0 bridgehead atoms. The SMILES string of the molecule is C/C=C(\CC(C)C(=O)OCC)C(=O)OCC. The van der Waals surface area contributed by atoms with Gasteiger partial charge in [-0.3, -0.25) is 4.79 Å². The molecule has 0 aromatic heterocycles. The molecule has 0 amide bonds. The van der Waals surface area contributed by atoms with E-state index in [1.807, 2.05) is 0 Å².